The van der Waals surface area contributed by atoms with Gasteiger partial charge in [-0.05, 0) is 38.3 Å². The van der Waals surface area contributed by atoms with Gasteiger partial charge in [-0.3, -0.25) is 14.8 Å². The zero-order valence-corrected chi connectivity index (χ0v) is 16.1. The number of aromatic nitrogens is 3. The highest BCUT2D eigenvalue weighted by Gasteiger charge is 2.42. The number of hydrogen-bond acceptors (Lipinski definition) is 6. The van der Waals surface area contributed by atoms with Gasteiger partial charge in [-0.15, -0.1) is 0 Å². The lowest BCUT2D eigenvalue weighted by molar-refractivity contribution is -0.138. The molecule has 1 amide bonds. The molecule has 1 unspecified atom stereocenters. The van der Waals surface area contributed by atoms with E-state index < -0.39 is 0 Å². The molecule has 2 fully saturated rings. The first-order chi connectivity index (χ1) is 13.6. The first kappa shape index (κ1) is 18.4. The van der Waals surface area contributed by atoms with Crippen LogP contribution < -0.4 is 4.90 Å². The Balaban J connectivity index is 1.50. The largest absolute Gasteiger partial charge is 0.356 e. The maximum absolute atomic E-state index is 12.5. The summed E-state index contributed by atoms with van der Waals surface area (Å²) in [4.78, 5) is 29.9. The molecule has 0 aromatic carbocycles. The summed E-state index contributed by atoms with van der Waals surface area (Å²) in [5.74, 6) is 1.04. The van der Waals surface area contributed by atoms with Crippen molar-refractivity contribution in [1.82, 2.24) is 19.9 Å². The van der Waals surface area contributed by atoms with E-state index in [4.69, 9.17) is 5.26 Å². The molecule has 0 aliphatic carbocycles. The molecule has 7 nitrogen and oxygen atoms in total. The normalized spacial score (nSPS) is 22.4. The third kappa shape index (κ3) is 3.81. The fourth-order valence-electron chi connectivity index (χ4n) is 4.34. The predicted molar refractivity (Wildman–Crippen MR) is 104 cm³/mol. The van der Waals surface area contributed by atoms with Crippen LogP contribution in [0.1, 0.15) is 42.8 Å². The quantitative estimate of drug-likeness (QED) is 0.818. The number of hydrogen-bond donors (Lipinski definition) is 0. The average Bonchev–Trinajstić information content (AvgIpc) is 2.73. The van der Waals surface area contributed by atoms with Gasteiger partial charge in [-0.25, -0.2) is 4.98 Å². The summed E-state index contributed by atoms with van der Waals surface area (Å²) in [6.45, 7) is 4.94. The Morgan fingerprint density at radius 1 is 1.21 bits per heavy atom. The molecular weight excluding hydrogens is 352 g/mol. The summed E-state index contributed by atoms with van der Waals surface area (Å²) in [6, 6.07) is 7.70. The third-order valence-corrected chi connectivity index (χ3v) is 5.77. The van der Waals surface area contributed by atoms with E-state index in [2.05, 4.69) is 25.9 Å². The van der Waals surface area contributed by atoms with Gasteiger partial charge in [0.15, 0.2) is 0 Å². The molecule has 4 heterocycles. The number of nitrogens with zero attached hydrogens (tertiary/aromatic N) is 6. The lowest BCUT2D eigenvalue weighted by Gasteiger charge is -2.48. The van der Waals surface area contributed by atoms with Gasteiger partial charge in [0.2, 0.25) is 5.91 Å². The Bertz CT molecular complexity index is 906. The molecule has 1 atom stereocenters. The van der Waals surface area contributed by atoms with E-state index in [0.29, 0.717) is 18.7 Å². The second-order valence-corrected chi connectivity index (χ2v) is 7.92. The summed E-state index contributed by atoms with van der Waals surface area (Å²) >= 11 is 0. The molecule has 4 rings (SSSR count). The highest BCUT2D eigenvalue weighted by molar-refractivity contribution is 5.77. The van der Waals surface area contributed by atoms with Crippen molar-refractivity contribution in [3.8, 4) is 6.07 Å². The topological polar surface area (TPSA) is 86.0 Å². The molecule has 2 aliphatic heterocycles. The van der Waals surface area contributed by atoms with Crippen LogP contribution in [-0.2, 0) is 11.3 Å². The van der Waals surface area contributed by atoms with Gasteiger partial charge < -0.3 is 9.80 Å². The Labute approximate surface area is 165 Å². The van der Waals surface area contributed by atoms with E-state index in [1.54, 1.807) is 18.5 Å². The summed E-state index contributed by atoms with van der Waals surface area (Å²) < 4.78 is 0. The number of nitriles is 1. The minimum Gasteiger partial charge on any atom is -0.356 e. The Kier molecular flexibility index (Phi) is 4.95. The zero-order chi connectivity index (χ0) is 19.6. The number of aryl methyl sites for hydroxylation is 1. The van der Waals surface area contributed by atoms with Crippen molar-refractivity contribution in [3.05, 3.63) is 47.7 Å². The summed E-state index contributed by atoms with van der Waals surface area (Å²) in [6.07, 6.45) is 7.13. The molecule has 2 aliphatic rings. The van der Waals surface area contributed by atoms with Gasteiger partial charge in [-0.1, -0.05) is 6.07 Å². The maximum atomic E-state index is 12.5. The van der Waals surface area contributed by atoms with Gasteiger partial charge in [0.1, 0.15) is 17.6 Å². The molecule has 0 radical (unpaired) electrons. The number of piperidine rings is 2. The molecule has 0 N–H and O–H groups in total. The van der Waals surface area contributed by atoms with Crippen LogP contribution in [0.25, 0.3) is 0 Å². The number of pyridine rings is 1. The maximum Gasteiger partial charge on any atom is 0.222 e. The Morgan fingerprint density at radius 2 is 2.11 bits per heavy atom. The summed E-state index contributed by atoms with van der Waals surface area (Å²) in [7, 11) is 0. The monoisotopic (exact) mass is 376 g/mol. The smallest absolute Gasteiger partial charge is 0.222 e. The number of anilines is 1. The molecular formula is C21H24N6O. The molecule has 7 heteroatoms. The summed E-state index contributed by atoms with van der Waals surface area (Å²) in [5.41, 5.74) is 2.21. The third-order valence-electron chi connectivity index (χ3n) is 5.77. The highest BCUT2D eigenvalue weighted by Crippen LogP contribution is 2.40. The van der Waals surface area contributed by atoms with E-state index in [0.717, 1.165) is 56.1 Å². The minimum atomic E-state index is 0.0641. The molecule has 0 bridgehead atoms. The second kappa shape index (κ2) is 7.55. The highest BCUT2D eigenvalue weighted by atomic mass is 16.2. The van der Waals surface area contributed by atoms with Crippen LogP contribution >= 0.6 is 0 Å². The lowest BCUT2D eigenvalue weighted by Crippen LogP contribution is -2.54. The van der Waals surface area contributed by atoms with E-state index in [-0.39, 0.29) is 11.3 Å². The van der Waals surface area contributed by atoms with Crippen LogP contribution in [0.15, 0.2) is 30.6 Å². The van der Waals surface area contributed by atoms with Gasteiger partial charge >= 0.3 is 0 Å². The van der Waals surface area contributed by atoms with Gasteiger partial charge in [-0.2, -0.15) is 5.26 Å². The van der Waals surface area contributed by atoms with Crippen molar-refractivity contribution in [2.24, 2.45) is 5.41 Å². The van der Waals surface area contributed by atoms with Crippen LogP contribution in [-0.4, -0.2) is 45.4 Å². The minimum absolute atomic E-state index is 0.0641. The number of amides is 1. The predicted octanol–water partition coefficient (Wildman–Crippen LogP) is 2.46. The average molecular weight is 376 g/mol. The molecule has 144 valence electrons. The van der Waals surface area contributed by atoms with Crippen molar-refractivity contribution in [3.63, 3.8) is 0 Å². The van der Waals surface area contributed by atoms with Crippen molar-refractivity contribution in [2.75, 3.05) is 24.5 Å². The number of carbonyl (C=O) groups is 1. The lowest BCUT2D eigenvalue weighted by atomic mass is 9.73. The van der Waals surface area contributed by atoms with Gasteiger partial charge in [0.05, 0.1) is 24.1 Å². The number of rotatable bonds is 3. The van der Waals surface area contributed by atoms with E-state index in [1.807, 2.05) is 24.0 Å². The van der Waals surface area contributed by atoms with Crippen LogP contribution in [0.2, 0.25) is 0 Å². The van der Waals surface area contributed by atoms with Crippen LogP contribution in [0.5, 0.6) is 0 Å². The van der Waals surface area contributed by atoms with Gasteiger partial charge in [0.25, 0.3) is 0 Å². The van der Waals surface area contributed by atoms with Crippen LogP contribution in [0, 0.1) is 23.7 Å². The van der Waals surface area contributed by atoms with Crippen molar-refractivity contribution in [1.29, 1.82) is 5.26 Å². The standard InChI is InChI=1S/C21H24N6O/c1-16-11-24-18(12-23-16)13-27-15-21(8-6-20(27)28)7-3-9-26(14-21)19-5-2-4-17(10-22)25-19/h2,4-5,11-12H,3,6-9,13-15H2,1H3. The summed E-state index contributed by atoms with van der Waals surface area (Å²) in [5, 5.41) is 9.14. The van der Waals surface area contributed by atoms with Gasteiger partial charge in [0, 0.05) is 37.7 Å². The van der Waals surface area contributed by atoms with Crippen LogP contribution in [0.3, 0.4) is 0 Å². The molecule has 28 heavy (non-hydrogen) atoms. The first-order valence-corrected chi connectivity index (χ1v) is 9.74. The molecule has 1 spiro atoms. The number of likely N-dealkylation sites (tertiary alicyclic amines) is 1. The molecule has 2 saturated heterocycles. The SMILES string of the molecule is Cc1cnc(CN2CC3(CCCN(c4cccc(C#N)n4)C3)CCC2=O)cn1. The van der Waals surface area contributed by atoms with E-state index >= 15 is 0 Å². The first-order valence-electron chi connectivity index (χ1n) is 9.74. The number of carbonyl (C=O) groups excluding carboxylic acids is 1. The van der Waals surface area contributed by atoms with E-state index in [9.17, 15) is 4.79 Å². The zero-order valence-electron chi connectivity index (χ0n) is 16.1. The van der Waals surface area contributed by atoms with Crippen molar-refractivity contribution < 1.29 is 4.79 Å². The fourth-order valence-corrected chi connectivity index (χ4v) is 4.34. The molecule has 2 aromatic rings. The Hall–Kier alpha value is -3.01. The van der Waals surface area contributed by atoms with Crippen molar-refractivity contribution >= 4 is 11.7 Å². The second-order valence-electron chi connectivity index (χ2n) is 7.92. The van der Waals surface area contributed by atoms with E-state index in [1.165, 1.54) is 0 Å². The fraction of sp³-hybridized carbons (Fsp3) is 0.476. The van der Waals surface area contributed by atoms with Crippen LogP contribution in [0.4, 0.5) is 5.82 Å². The molecule has 2 aromatic heterocycles. The molecule has 0 saturated carbocycles. The van der Waals surface area contributed by atoms with Crippen molar-refractivity contribution in [2.45, 2.75) is 39.2 Å². The Morgan fingerprint density at radius 3 is 2.89 bits per heavy atom.